The molecule has 0 aliphatic carbocycles. The molecule has 0 amide bonds. The largest absolute Gasteiger partial charge is 0.496 e. The van der Waals surface area contributed by atoms with E-state index in [-0.39, 0.29) is 24.6 Å². The third kappa shape index (κ3) is 4.26. The highest BCUT2D eigenvalue weighted by Gasteiger charge is 2.26. The summed E-state index contributed by atoms with van der Waals surface area (Å²) in [4.78, 5) is 14.4. The quantitative estimate of drug-likeness (QED) is 0.813. The van der Waals surface area contributed by atoms with Crippen LogP contribution in [0.4, 0.5) is 0 Å². The van der Waals surface area contributed by atoms with E-state index in [9.17, 15) is 9.90 Å². The first-order valence-electron chi connectivity index (χ1n) is 6.89. The SMILES string of the molecule is COc1ccc(C(=O)CN2CC(C)OC(CO)C2)cc1Br. The number of Topliss-reactive ketones (excluding diaryl/α,β-unsaturated/α-hetero) is 1. The van der Waals surface area contributed by atoms with Gasteiger partial charge in [-0.3, -0.25) is 9.69 Å². The number of rotatable bonds is 5. The number of carbonyl (C=O) groups excluding carboxylic acids is 1. The minimum atomic E-state index is -0.218. The van der Waals surface area contributed by atoms with Crippen molar-refractivity contribution in [3.05, 3.63) is 28.2 Å². The fraction of sp³-hybridized carbons (Fsp3) is 0.533. The lowest BCUT2D eigenvalue weighted by Gasteiger charge is -2.35. The zero-order valence-electron chi connectivity index (χ0n) is 12.2. The highest BCUT2D eigenvalue weighted by molar-refractivity contribution is 9.10. The fourth-order valence-electron chi connectivity index (χ4n) is 2.50. The molecule has 2 atom stereocenters. The van der Waals surface area contributed by atoms with Crippen molar-refractivity contribution in [3.8, 4) is 5.75 Å². The molecule has 1 aromatic carbocycles. The summed E-state index contributed by atoms with van der Waals surface area (Å²) in [6.45, 7) is 3.51. The van der Waals surface area contributed by atoms with Gasteiger partial charge >= 0.3 is 0 Å². The molecule has 0 bridgehead atoms. The average molecular weight is 358 g/mol. The number of carbonyl (C=O) groups is 1. The lowest BCUT2D eigenvalue weighted by molar-refractivity contribution is -0.0926. The van der Waals surface area contributed by atoms with Crippen LogP contribution in [0, 0.1) is 0 Å². The second-order valence-electron chi connectivity index (χ2n) is 5.22. The number of ether oxygens (including phenoxy) is 2. The van der Waals surface area contributed by atoms with Gasteiger partial charge in [-0.05, 0) is 41.1 Å². The van der Waals surface area contributed by atoms with E-state index in [1.54, 1.807) is 25.3 Å². The number of benzene rings is 1. The second kappa shape index (κ2) is 7.35. The van der Waals surface area contributed by atoms with Crippen LogP contribution in [-0.4, -0.2) is 61.3 Å². The van der Waals surface area contributed by atoms with Gasteiger partial charge in [-0.2, -0.15) is 0 Å². The molecule has 1 aliphatic rings. The number of hydrogen-bond donors (Lipinski definition) is 1. The Balaban J connectivity index is 2.02. The molecule has 1 aromatic rings. The predicted molar refractivity (Wildman–Crippen MR) is 82.9 cm³/mol. The standard InChI is InChI=1S/C15H20BrNO4/c1-10-6-17(7-12(9-18)21-10)8-14(19)11-3-4-15(20-2)13(16)5-11/h3-5,10,12,18H,6-9H2,1-2H3. The van der Waals surface area contributed by atoms with Crippen molar-refractivity contribution in [2.75, 3.05) is 33.4 Å². The Kier molecular flexibility index (Phi) is 5.75. The first-order valence-corrected chi connectivity index (χ1v) is 7.68. The van der Waals surface area contributed by atoms with Crippen molar-refractivity contribution in [2.45, 2.75) is 19.1 Å². The van der Waals surface area contributed by atoms with Gasteiger partial charge in [0, 0.05) is 18.7 Å². The van der Waals surface area contributed by atoms with Gasteiger partial charge in [0.1, 0.15) is 5.75 Å². The highest BCUT2D eigenvalue weighted by Crippen LogP contribution is 2.26. The first-order chi connectivity index (χ1) is 10.0. The summed E-state index contributed by atoms with van der Waals surface area (Å²) in [5.41, 5.74) is 0.641. The minimum absolute atomic E-state index is 0.0197. The summed E-state index contributed by atoms with van der Waals surface area (Å²) in [6.07, 6.45) is -0.199. The van der Waals surface area contributed by atoms with Gasteiger partial charge in [-0.15, -0.1) is 0 Å². The zero-order valence-corrected chi connectivity index (χ0v) is 13.8. The lowest BCUT2D eigenvalue weighted by Crippen LogP contribution is -2.49. The Morgan fingerprint density at radius 1 is 1.52 bits per heavy atom. The Bertz CT molecular complexity index is 508. The Labute approximate surface area is 133 Å². The van der Waals surface area contributed by atoms with Crippen molar-refractivity contribution in [1.29, 1.82) is 0 Å². The maximum Gasteiger partial charge on any atom is 0.176 e. The van der Waals surface area contributed by atoms with Crippen LogP contribution in [0.15, 0.2) is 22.7 Å². The Morgan fingerprint density at radius 3 is 2.90 bits per heavy atom. The molecule has 2 unspecified atom stereocenters. The van der Waals surface area contributed by atoms with E-state index in [2.05, 4.69) is 15.9 Å². The maximum atomic E-state index is 12.4. The third-order valence-corrected chi connectivity index (χ3v) is 4.07. The molecule has 1 fully saturated rings. The third-order valence-electron chi connectivity index (χ3n) is 3.45. The van der Waals surface area contributed by atoms with Crippen LogP contribution in [0.3, 0.4) is 0 Å². The molecule has 116 valence electrons. The molecular weight excluding hydrogens is 338 g/mol. The number of aliphatic hydroxyl groups is 1. The number of halogens is 1. The molecule has 1 saturated heterocycles. The second-order valence-corrected chi connectivity index (χ2v) is 6.07. The number of ketones is 1. The van der Waals surface area contributed by atoms with Gasteiger partial charge in [-0.25, -0.2) is 0 Å². The van der Waals surface area contributed by atoms with Crippen molar-refractivity contribution < 1.29 is 19.4 Å². The van der Waals surface area contributed by atoms with Gasteiger partial charge in [0.2, 0.25) is 0 Å². The molecular formula is C15H20BrNO4. The van der Waals surface area contributed by atoms with E-state index < -0.39 is 0 Å². The van der Waals surface area contributed by atoms with Crippen LogP contribution in [-0.2, 0) is 4.74 Å². The smallest absolute Gasteiger partial charge is 0.176 e. The topological polar surface area (TPSA) is 59.0 Å². The van der Waals surface area contributed by atoms with Crippen LogP contribution >= 0.6 is 15.9 Å². The van der Waals surface area contributed by atoms with Crippen LogP contribution in [0.2, 0.25) is 0 Å². The monoisotopic (exact) mass is 357 g/mol. The van der Waals surface area contributed by atoms with Gasteiger partial charge in [0.15, 0.2) is 5.78 Å². The van der Waals surface area contributed by atoms with Crippen molar-refractivity contribution in [1.82, 2.24) is 4.90 Å². The summed E-state index contributed by atoms with van der Waals surface area (Å²) < 4.78 is 11.5. The first kappa shape index (κ1) is 16.4. The Morgan fingerprint density at radius 2 is 2.29 bits per heavy atom. The summed E-state index contributed by atoms with van der Waals surface area (Å²) in [5, 5.41) is 9.22. The summed E-state index contributed by atoms with van der Waals surface area (Å²) in [7, 11) is 1.59. The molecule has 1 N–H and O–H groups in total. The zero-order chi connectivity index (χ0) is 15.4. The number of morpholine rings is 1. The van der Waals surface area contributed by atoms with Crippen molar-refractivity contribution >= 4 is 21.7 Å². The van der Waals surface area contributed by atoms with Crippen LogP contribution in [0.1, 0.15) is 17.3 Å². The molecule has 21 heavy (non-hydrogen) atoms. The van der Waals surface area contributed by atoms with E-state index in [4.69, 9.17) is 9.47 Å². The highest BCUT2D eigenvalue weighted by atomic mass is 79.9. The molecule has 0 spiro atoms. The summed E-state index contributed by atoms with van der Waals surface area (Å²) in [5.74, 6) is 0.746. The van der Waals surface area contributed by atoms with E-state index in [1.807, 2.05) is 11.8 Å². The summed E-state index contributed by atoms with van der Waals surface area (Å²) in [6, 6.07) is 5.31. The fourth-order valence-corrected chi connectivity index (χ4v) is 3.05. The summed E-state index contributed by atoms with van der Waals surface area (Å²) >= 11 is 3.39. The van der Waals surface area contributed by atoms with Crippen LogP contribution < -0.4 is 4.74 Å². The molecule has 0 radical (unpaired) electrons. The van der Waals surface area contributed by atoms with E-state index >= 15 is 0 Å². The molecule has 6 heteroatoms. The van der Waals surface area contributed by atoms with Gasteiger partial charge < -0.3 is 14.6 Å². The van der Waals surface area contributed by atoms with Crippen LogP contribution in [0.5, 0.6) is 5.75 Å². The van der Waals surface area contributed by atoms with E-state index in [1.165, 1.54) is 0 Å². The van der Waals surface area contributed by atoms with Crippen molar-refractivity contribution in [2.24, 2.45) is 0 Å². The molecule has 5 nitrogen and oxygen atoms in total. The van der Waals surface area contributed by atoms with E-state index in [0.29, 0.717) is 30.9 Å². The molecule has 0 aromatic heterocycles. The molecule has 2 rings (SSSR count). The predicted octanol–water partition coefficient (Wildman–Crippen LogP) is 1.72. The minimum Gasteiger partial charge on any atom is -0.496 e. The van der Waals surface area contributed by atoms with E-state index in [0.717, 1.165) is 4.47 Å². The van der Waals surface area contributed by atoms with Gasteiger partial charge in [0.05, 0.1) is 36.9 Å². The number of hydrogen-bond acceptors (Lipinski definition) is 5. The maximum absolute atomic E-state index is 12.4. The number of methoxy groups -OCH3 is 1. The lowest BCUT2D eigenvalue weighted by atomic mass is 10.1. The number of nitrogens with zero attached hydrogens (tertiary/aromatic N) is 1. The van der Waals surface area contributed by atoms with Crippen molar-refractivity contribution in [3.63, 3.8) is 0 Å². The molecule has 1 heterocycles. The average Bonchev–Trinajstić information content (AvgIpc) is 2.46. The number of aliphatic hydroxyl groups excluding tert-OH is 1. The normalized spacial score (nSPS) is 23.0. The van der Waals surface area contributed by atoms with Gasteiger partial charge in [0.25, 0.3) is 0 Å². The van der Waals surface area contributed by atoms with Crippen LogP contribution in [0.25, 0.3) is 0 Å². The van der Waals surface area contributed by atoms with Gasteiger partial charge in [-0.1, -0.05) is 0 Å². The molecule has 0 saturated carbocycles. The Hall–Kier alpha value is -0.950. The molecule has 1 aliphatic heterocycles.